The van der Waals surface area contributed by atoms with Crippen molar-refractivity contribution in [2.75, 3.05) is 0 Å². The number of nitrogens with one attached hydrogen (secondary N) is 1. The number of pyridine rings is 1. The number of furan rings is 1. The highest BCUT2D eigenvalue weighted by atomic mass is 16.5. The number of amides is 1. The van der Waals surface area contributed by atoms with Gasteiger partial charge in [-0.3, -0.25) is 9.78 Å². The molecule has 0 fully saturated rings. The fourth-order valence-corrected chi connectivity index (χ4v) is 1.95. The number of benzene rings is 1. The first-order chi connectivity index (χ1) is 12.2. The molecular weight excluding hydrogens is 322 g/mol. The third-order valence-electron chi connectivity index (χ3n) is 3.14. The fourth-order valence-electron chi connectivity index (χ4n) is 1.95. The molecule has 7 nitrogen and oxygen atoms in total. The molecule has 0 bridgehead atoms. The summed E-state index contributed by atoms with van der Waals surface area (Å²) >= 11 is 0. The van der Waals surface area contributed by atoms with Gasteiger partial charge in [0, 0.05) is 18.0 Å². The van der Waals surface area contributed by atoms with Gasteiger partial charge in [-0.05, 0) is 36.4 Å². The summed E-state index contributed by atoms with van der Waals surface area (Å²) in [6.45, 7) is 0. The Morgan fingerprint density at radius 3 is 2.76 bits per heavy atom. The van der Waals surface area contributed by atoms with E-state index in [-0.39, 0.29) is 5.76 Å². The number of hydrogen-bond donors (Lipinski definition) is 1. The highest BCUT2D eigenvalue weighted by Crippen LogP contribution is 2.17. The number of ether oxygens (including phenoxy) is 1. The van der Waals surface area contributed by atoms with E-state index < -0.39 is 11.9 Å². The molecule has 2 heterocycles. The molecule has 3 aromatic rings. The molecule has 1 N–H and O–H groups in total. The van der Waals surface area contributed by atoms with Gasteiger partial charge in [0.1, 0.15) is 5.75 Å². The van der Waals surface area contributed by atoms with Crippen LogP contribution in [-0.4, -0.2) is 23.1 Å². The molecule has 0 aliphatic rings. The van der Waals surface area contributed by atoms with Gasteiger partial charge in [-0.15, -0.1) is 0 Å². The van der Waals surface area contributed by atoms with Crippen LogP contribution in [0, 0.1) is 0 Å². The van der Waals surface area contributed by atoms with Crippen LogP contribution in [0.25, 0.3) is 0 Å². The van der Waals surface area contributed by atoms with Gasteiger partial charge in [-0.1, -0.05) is 12.1 Å². The third kappa shape index (κ3) is 4.17. The number of carbonyl (C=O) groups is 2. The number of aromatic nitrogens is 1. The first kappa shape index (κ1) is 16.1. The van der Waals surface area contributed by atoms with E-state index in [0.29, 0.717) is 16.9 Å². The van der Waals surface area contributed by atoms with E-state index >= 15 is 0 Å². The van der Waals surface area contributed by atoms with E-state index in [4.69, 9.17) is 9.15 Å². The van der Waals surface area contributed by atoms with Crippen molar-refractivity contribution in [3.05, 3.63) is 84.1 Å². The number of carbonyl (C=O) groups excluding carboxylic acids is 2. The molecule has 1 amide bonds. The SMILES string of the molecule is O=C(N/N=C/c1ccccc1OC(=O)c1ccco1)c1cccnc1. The lowest BCUT2D eigenvalue weighted by Gasteiger charge is -2.05. The first-order valence-electron chi connectivity index (χ1n) is 7.32. The second-order valence-electron chi connectivity index (χ2n) is 4.85. The number of hydrogen-bond acceptors (Lipinski definition) is 6. The lowest BCUT2D eigenvalue weighted by atomic mass is 10.2. The lowest BCUT2D eigenvalue weighted by molar-refractivity contribution is 0.0701. The second-order valence-corrected chi connectivity index (χ2v) is 4.85. The highest BCUT2D eigenvalue weighted by Gasteiger charge is 2.13. The quantitative estimate of drug-likeness (QED) is 0.335. The van der Waals surface area contributed by atoms with Crippen molar-refractivity contribution in [2.45, 2.75) is 0 Å². The molecule has 7 heteroatoms. The Morgan fingerprint density at radius 2 is 2.00 bits per heavy atom. The van der Waals surface area contributed by atoms with Gasteiger partial charge in [0.2, 0.25) is 5.76 Å². The summed E-state index contributed by atoms with van der Waals surface area (Å²) in [5, 5.41) is 3.88. The third-order valence-corrected chi connectivity index (χ3v) is 3.14. The van der Waals surface area contributed by atoms with Crippen LogP contribution in [0.5, 0.6) is 5.75 Å². The van der Waals surface area contributed by atoms with Crippen LogP contribution < -0.4 is 10.2 Å². The van der Waals surface area contributed by atoms with Crippen molar-refractivity contribution >= 4 is 18.1 Å². The van der Waals surface area contributed by atoms with E-state index in [1.807, 2.05) is 0 Å². The van der Waals surface area contributed by atoms with Crippen LogP contribution in [0.15, 0.2) is 76.7 Å². The summed E-state index contributed by atoms with van der Waals surface area (Å²) in [6.07, 6.45) is 5.78. The molecule has 0 aliphatic heterocycles. The maximum Gasteiger partial charge on any atom is 0.379 e. The molecular formula is C18H13N3O4. The van der Waals surface area contributed by atoms with Crippen molar-refractivity contribution in [3.63, 3.8) is 0 Å². The molecule has 0 saturated carbocycles. The summed E-state index contributed by atoms with van der Waals surface area (Å²) in [7, 11) is 0. The fraction of sp³-hybridized carbons (Fsp3) is 0. The Morgan fingerprint density at radius 1 is 1.12 bits per heavy atom. The Hall–Kier alpha value is -3.74. The Balaban J connectivity index is 1.68. The monoisotopic (exact) mass is 335 g/mol. The molecule has 1 aromatic carbocycles. The van der Waals surface area contributed by atoms with Crippen LogP contribution >= 0.6 is 0 Å². The largest absolute Gasteiger partial charge is 0.457 e. The van der Waals surface area contributed by atoms with Crippen molar-refractivity contribution in [2.24, 2.45) is 5.10 Å². The minimum Gasteiger partial charge on any atom is -0.457 e. The van der Waals surface area contributed by atoms with Crippen LogP contribution in [0.1, 0.15) is 26.5 Å². The van der Waals surface area contributed by atoms with Gasteiger partial charge >= 0.3 is 5.97 Å². The van der Waals surface area contributed by atoms with Crippen molar-refractivity contribution < 1.29 is 18.7 Å². The van der Waals surface area contributed by atoms with Crippen LogP contribution in [0.2, 0.25) is 0 Å². The molecule has 0 spiro atoms. The standard InChI is InChI=1S/C18H13N3O4/c22-17(14-6-3-9-19-11-14)21-20-12-13-5-1-2-7-15(13)25-18(23)16-8-4-10-24-16/h1-12H,(H,21,22)/b20-12+. The van der Waals surface area contributed by atoms with E-state index in [2.05, 4.69) is 15.5 Å². The average molecular weight is 335 g/mol. The van der Waals surface area contributed by atoms with Crippen molar-refractivity contribution in [3.8, 4) is 5.75 Å². The highest BCUT2D eigenvalue weighted by molar-refractivity contribution is 5.95. The molecule has 0 atom stereocenters. The summed E-state index contributed by atoms with van der Waals surface area (Å²) < 4.78 is 10.3. The summed E-state index contributed by atoms with van der Waals surface area (Å²) in [5.74, 6) is -0.625. The Labute approximate surface area is 143 Å². The zero-order chi connectivity index (χ0) is 17.5. The topological polar surface area (TPSA) is 93.8 Å². The van der Waals surface area contributed by atoms with Gasteiger partial charge < -0.3 is 9.15 Å². The maximum atomic E-state index is 12.0. The van der Waals surface area contributed by atoms with Gasteiger partial charge in [0.15, 0.2) is 0 Å². The van der Waals surface area contributed by atoms with Crippen molar-refractivity contribution in [1.29, 1.82) is 0 Å². The molecule has 0 saturated heterocycles. The predicted octanol–water partition coefficient (Wildman–Crippen LogP) is 2.66. The van der Waals surface area contributed by atoms with Crippen LogP contribution in [0.3, 0.4) is 0 Å². The zero-order valence-corrected chi connectivity index (χ0v) is 13.0. The Kier molecular flexibility index (Phi) is 4.96. The lowest BCUT2D eigenvalue weighted by Crippen LogP contribution is -2.17. The molecule has 124 valence electrons. The number of nitrogens with zero attached hydrogens (tertiary/aromatic N) is 2. The van der Waals surface area contributed by atoms with Crippen LogP contribution in [0.4, 0.5) is 0 Å². The van der Waals surface area contributed by atoms with Crippen LogP contribution in [-0.2, 0) is 0 Å². The molecule has 3 rings (SSSR count). The Bertz CT molecular complexity index is 890. The van der Waals surface area contributed by atoms with Gasteiger partial charge in [-0.2, -0.15) is 5.10 Å². The maximum absolute atomic E-state index is 12.0. The second kappa shape index (κ2) is 7.69. The summed E-state index contributed by atoms with van der Waals surface area (Å²) in [4.78, 5) is 27.7. The summed E-state index contributed by atoms with van der Waals surface area (Å²) in [6, 6.07) is 13.2. The van der Waals surface area contributed by atoms with E-state index in [0.717, 1.165) is 0 Å². The van der Waals surface area contributed by atoms with Gasteiger partial charge in [-0.25, -0.2) is 10.2 Å². The molecule has 0 radical (unpaired) electrons. The minimum atomic E-state index is -0.620. The molecule has 2 aromatic heterocycles. The molecule has 0 unspecified atom stereocenters. The number of esters is 1. The van der Waals surface area contributed by atoms with E-state index in [1.54, 1.807) is 48.7 Å². The minimum absolute atomic E-state index is 0.0941. The molecule has 0 aliphatic carbocycles. The number of rotatable bonds is 5. The van der Waals surface area contributed by atoms with E-state index in [1.165, 1.54) is 24.7 Å². The zero-order valence-electron chi connectivity index (χ0n) is 13.0. The van der Waals surface area contributed by atoms with Gasteiger partial charge in [0.25, 0.3) is 5.91 Å². The predicted molar refractivity (Wildman–Crippen MR) is 89.4 cm³/mol. The summed E-state index contributed by atoms with van der Waals surface area (Å²) in [5.41, 5.74) is 3.30. The van der Waals surface area contributed by atoms with Crippen molar-refractivity contribution in [1.82, 2.24) is 10.4 Å². The van der Waals surface area contributed by atoms with Gasteiger partial charge in [0.05, 0.1) is 18.0 Å². The first-order valence-corrected chi connectivity index (χ1v) is 7.32. The normalized spacial score (nSPS) is 10.6. The average Bonchev–Trinajstić information content (AvgIpc) is 3.18. The smallest absolute Gasteiger partial charge is 0.379 e. The van der Waals surface area contributed by atoms with E-state index in [9.17, 15) is 9.59 Å². The number of hydrazone groups is 1. The molecule has 25 heavy (non-hydrogen) atoms. The number of para-hydroxylation sites is 1.